The predicted molar refractivity (Wildman–Crippen MR) is 146 cm³/mol. The highest BCUT2D eigenvalue weighted by atomic mass is 35.5. The Morgan fingerprint density at radius 2 is 1.58 bits per heavy atom. The van der Waals surface area contributed by atoms with Gasteiger partial charge in [0.05, 0.1) is 30.0 Å². The molecule has 0 aliphatic rings. The first-order chi connectivity index (χ1) is 18.3. The summed E-state index contributed by atoms with van der Waals surface area (Å²) >= 11 is 11.8. The number of amides is 3. The van der Waals surface area contributed by atoms with Gasteiger partial charge in [-0.2, -0.15) is 5.10 Å². The van der Waals surface area contributed by atoms with Crippen LogP contribution in [0.15, 0.2) is 65.8 Å². The highest BCUT2D eigenvalue weighted by molar-refractivity contribution is 6.42. The van der Waals surface area contributed by atoms with Crippen LogP contribution < -0.4 is 30.3 Å². The van der Waals surface area contributed by atoms with Crippen molar-refractivity contribution in [2.24, 2.45) is 5.10 Å². The first-order valence-electron chi connectivity index (χ1n) is 11.2. The van der Waals surface area contributed by atoms with E-state index in [1.165, 1.54) is 19.4 Å². The summed E-state index contributed by atoms with van der Waals surface area (Å²) in [4.78, 5) is 36.4. The van der Waals surface area contributed by atoms with E-state index in [2.05, 4.69) is 21.2 Å². The van der Waals surface area contributed by atoms with Crippen molar-refractivity contribution >= 4 is 58.5 Å². The van der Waals surface area contributed by atoms with Crippen molar-refractivity contribution in [3.8, 4) is 17.2 Å². The van der Waals surface area contributed by atoms with Gasteiger partial charge >= 0.3 is 11.8 Å². The number of methoxy groups -OCH3 is 1. The van der Waals surface area contributed by atoms with Gasteiger partial charge in [-0.25, -0.2) is 5.43 Å². The molecule has 0 atom stereocenters. The zero-order valence-corrected chi connectivity index (χ0v) is 21.9. The van der Waals surface area contributed by atoms with Gasteiger partial charge in [-0.1, -0.05) is 23.2 Å². The van der Waals surface area contributed by atoms with E-state index >= 15 is 0 Å². The molecule has 3 N–H and O–H groups in total. The number of hydrazone groups is 1. The molecule has 3 amide bonds. The van der Waals surface area contributed by atoms with E-state index < -0.39 is 17.7 Å². The number of halogens is 2. The lowest BCUT2D eigenvalue weighted by molar-refractivity contribution is -0.136. The topological polar surface area (TPSA) is 127 Å². The number of anilines is 2. The molecule has 0 aromatic heterocycles. The highest BCUT2D eigenvalue weighted by Gasteiger charge is 2.13. The summed E-state index contributed by atoms with van der Waals surface area (Å²) in [6, 6.07) is 16.1. The number of carbonyl (C=O) groups is 3. The van der Waals surface area contributed by atoms with Crippen LogP contribution in [0.5, 0.6) is 17.2 Å². The molecule has 0 bridgehead atoms. The third kappa shape index (κ3) is 8.39. The summed E-state index contributed by atoms with van der Waals surface area (Å²) in [6.07, 6.45) is 1.34. The predicted octanol–water partition coefficient (Wildman–Crippen LogP) is 4.51. The Bertz CT molecular complexity index is 1330. The maximum absolute atomic E-state index is 12.3. The van der Waals surface area contributed by atoms with E-state index in [0.717, 1.165) is 0 Å². The standard InChI is InChI=1S/C26H24Cl2N4O6/c1-3-37-23-12-16(14-29-32-26(35)25(34)31-17-5-8-19(36-2)9-6-17)4-11-22(23)38-15-24(33)30-18-7-10-20(27)21(28)13-18/h4-14H,3,15H2,1-2H3,(H,30,33)(H,31,34)(H,32,35)/b29-14-. The Morgan fingerprint density at radius 1 is 0.842 bits per heavy atom. The van der Waals surface area contributed by atoms with Crippen LogP contribution in [-0.4, -0.2) is 44.3 Å². The molecule has 38 heavy (non-hydrogen) atoms. The van der Waals surface area contributed by atoms with Crippen molar-refractivity contribution in [2.75, 3.05) is 31.0 Å². The van der Waals surface area contributed by atoms with Gasteiger partial charge in [-0.3, -0.25) is 14.4 Å². The number of nitrogens with one attached hydrogen (secondary N) is 3. The van der Waals surface area contributed by atoms with Gasteiger partial charge in [0, 0.05) is 11.4 Å². The van der Waals surface area contributed by atoms with E-state index in [0.29, 0.717) is 50.8 Å². The van der Waals surface area contributed by atoms with Crippen LogP contribution in [0.3, 0.4) is 0 Å². The van der Waals surface area contributed by atoms with Crippen LogP contribution in [0.4, 0.5) is 11.4 Å². The van der Waals surface area contributed by atoms with Crippen LogP contribution in [0.25, 0.3) is 0 Å². The maximum Gasteiger partial charge on any atom is 0.329 e. The quantitative estimate of drug-likeness (QED) is 0.191. The van der Waals surface area contributed by atoms with Gasteiger partial charge in [-0.15, -0.1) is 0 Å². The Balaban J connectivity index is 1.55. The van der Waals surface area contributed by atoms with Crippen LogP contribution in [0.1, 0.15) is 12.5 Å². The first-order valence-corrected chi connectivity index (χ1v) is 12.0. The van der Waals surface area contributed by atoms with Crippen LogP contribution >= 0.6 is 23.2 Å². The molecule has 0 unspecified atom stereocenters. The molecular weight excluding hydrogens is 535 g/mol. The van der Waals surface area contributed by atoms with Crippen LogP contribution in [0.2, 0.25) is 10.0 Å². The molecule has 0 aliphatic carbocycles. The van der Waals surface area contributed by atoms with E-state index in [9.17, 15) is 14.4 Å². The lowest BCUT2D eigenvalue weighted by Crippen LogP contribution is -2.32. The van der Waals surface area contributed by atoms with E-state index in [-0.39, 0.29) is 6.61 Å². The van der Waals surface area contributed by atoms with Crippen molar-refractivity contribution in [1.29, 1.82) is 0 Å². The number of hydrogen-bond acceptors (Lipinski definition) is 7. The Hall–Kier alpha value is -4.28. The summed E-state index contributed by atoms with van der Waals surface area (Å²) in [5.41, 5.74) is 3.62. The third-order valence-electron chi connectivity index (χ3n) is 4.76. The van der Waals surface area contributed by atoms with Gasteiger partial charge < -0.3 is 24.8 Å². The lowest BCUT2D eigenvalue weighted by atomic mass is 10.2. The molecule has 3 rings (SSSR count). The molecule has 0 saturated carbocycles. The van der Waals surface area contributed by atoms with Crippen molar-refractivity contribution in [3.63, 3.8) is 0 Å². The molecule has 3 aromatic carbocycles. The monoisotopic (exact) mass is 558 g/mol. The molecule has 0 spiro atoms. The van der Waals surface area contributed by atoms with Gasteiger partial charge in [0.2, 0.25) is 0 Å². The van der Waals surface area contributed by atoms with E-state index in [4.69, 9.17) is 37.4 Å². The molecule has 0 aliphatic heterocycles. The second kappa shape index (κ2) is 13.9. The molecule has 0 heterocycles. The molecule has 198 valence electrons. The first kappa shape index (κ1) is 28.3. The van der Waals surface area contributed by atoms with Crippen LogP contribution in [-0.2, 0) is 14.4 Å². The van der Waals surface area contributed by atoms with E-state index in [1.807, 2.05) is 0 Å². The highest BCUT2D eigenvalue weighted by Crippen LogP contribution is 2.28. The molecule has 0 radical (unpaired) electrons. The molecular formula is C26H24Cl2N4O6. The molecule has 12 heteroatoms. The smallest absolute Gasteiger partial charge is 0.329 e. The summed E-state index contributed by atoms with van der Waals surface area (Å²) in [6.45, 7) is 1.85. The number of benzene rings is 3. The minimum absolute atomic E-state index is 0.285. The fourth-order valence-corrected chi connectivity index (χ4v) is 3.28. The van der Waals surface area contributed by atoms with Gasteiger partial charge in [0.15, 0.2) is 18.1 Å². The molecule has 3 aromatic rings. The average molecular weight is 559 g/mol. The normalized spacial score (nSPS) is 10.5. The number of hydrogen-bond donors (Lipinski definition) is 3. The van der Waals surface area contributed by atoms with Gasteiger partial charge in [-0.05, 0) is 73.2 Å². The third-order valence-corrected chi connectivity index (χ3v) is 5.50. The summed E-state index contributed by atoms with van der Waals surface area (Å²) in [5, 5.41) is 9.62. The zero-order valence-electron chi connectivity index (χ0n) is 20.4. The van der Waals surface area contributed by atoms with Crippen LogP contribution in [0, 0.1) is 0 Å². The van der Waals surface area contributed by atoms with Crippen molar-refractivity contribution in [2.45, 2.75) is 6.92 Å². The summed E-state index contributed by atoms with van der Waals surface area (Å²) in [7, 11) is 1.52. The Kier molecular flexibility index (Phi) is 10.3. The SMILES string of the molecule is CCOc1cc(/C=N\NC(=O)C(=O)Nc2ccc(OC)cc2)ccc1OCC(=O)Nc1ccc(Cl)c(Cl)c1. The fourth-order valence-electron chi connectivity index (χ4n) is 2.99. The number of carbonyl (C=O) groups excluding carboxylic acids is 3. The Morgan fingerprint density at radius 3 is 2.26 bits per heavy atom. The maximum atomic E-state index is 12.3. The lowest BCUT2D eigenvalue weighted by Gasteiger charge is -2.13. The fraction of sp³-hybridized carbons (Fsp3) is 0.154. The summed E-state index contributed by atoms with van der Waals surface area (Å²) < 4.78 is 16.2. The zero-order chi connectivity index (χ0) is 27.5. The van der Waals surface area contributed by atoms with E-state index in [1.54, 1.807) is 61.5 Å². The van der Waals surface area contributed by atoms with Crippen molar-refractivity contribution < 1.29 is 28.6 Å². The van der Waals surface area contributed by atoms with Crippen molar-refractivity contribution in [1.82, 2.24) is 5.43 Å². The second-order valence-electron chi connectivity index (χ2n) is 7.49. The Labute approximate surface area is 228 Å². The second-order valence-corrected chi connectivity index (χ2v) is 8.30. The minimum Gasteiger partial charge on any atom is -0.497 e. The minimum atomic E-state index is -0.949. The van der Waals surface area contributed by atoms with Gasteiger partial charge in [0.1, 0.15) is 5.75 Å². The number of rotatable bonds is 10. The average Bonchev–Trinajstić information content (AvgIpc) is 2.91. The summed E-state index contributed by atoms with van der Waals surface area (Å²) in [5.74, 6) is -0.933. The van der Waals surface area contributed by atoms with Crippen molar-refractivity contribution in [3.05, 3.63) is 76.3 Å². The van der Waals surface area contributed by atoms with Gasteiger partial charge in [0.25, 0.3) is 5.91 Å². The number of ether oxygens (including phenoxy) is 3. The molecule has 0 fully saturated rings. The number of nitrogens with zero attached hydrogens (tertiary/aromatic N) is 1. The molecule has 0 saturated heterocycles. The largest absolute Gasteiger partial charge is 0.497 e. The molecule has 10 nitrogen and oxygen atoms in total.